The zero-order valence-electron chi connectivity index (χ0n) is 17.5. The number of primary amides is 1. The number of piperidine rings is 1. The van der Waals surface area contributed by atoms with E-state index < -0.39 is 5.91 Å². The summed E-state index contributed by atoms with van der Waals surface area (Å²) in [6.07, 6.45) is 1.55. The maximum absolute atomic E-state index is 13.0. The minimum atomic E-state index is -0.449. The molecule has 5 nitrogen and oxygen atoms in total. The summed E-state index contributed by atoms with van der Waals surface area (Å²) >= 11 is 0. The molecule has 0 spiro atoms. The highest BCUT2D eigenvalue weighted by atomic mass is 16.2. The van der Waals surface area contributed by atoms with E-state index in [-0.39, 0.29) is 17.7 Å². The first-order valence-electron chi connectivity index (χ1n) is 10.5. The van der Waals surface area contributed by atoms with E-state index in [9.17, 15) is 9.59 Å². The van der Waals surface area contributed by atoms with Gasteiger partial charge < -0.3 is 10.6 Å². The zero-order valence-corrected chi connectivity index (χ0v) is 17.5. The largest absolute Gasteiger partial charge is 0.366 e. The van der Waals surface area contributed by atoms with Crippen LogP contribution in [0, 0.1) is 6.92 Å². The Kier molecular flexibility index (Phi) is 5.53. The summed E-state index contributed by atoms with van der Waals surface area (Å²) in [5.41, 5.74) is 10.0. The van der Waals surface area contributed by atoms with Gasteiger partial charge in [-0.25, -0.2) is 0 Å². The maximum atomic E-state index is 13.0. The number of amides is 2. The van der Waals surface area contributed by atoms with E-state index >= 15 is 0 Å². The molecule has 30 heavy (non-hydrogen) atoms. The molecule has 0 bridgehead atoms. The molecule has 2 N–H and O–H groups in total. The van der Waals surface area contributed by atoms with Crippen molar-refractivity contribution in [2.45, 2.75) is 38.5 Å². The second-order valence-electron chi connectivity index (χ2n) is 8.21. The number of nitrogens with zero attached hydrogens (tertiary/aromatic N) is 2. The van der Waals surface area contributed by atoms with Crippen LogP contribution in [0.4, 0.5) is 0 Å². The molecule has 2 heterocycles. The Morgan fingerprint density at radius 3 is 2.40 bits per heavy atom. The average Bonchev–Trinajstić information content (AvgIpc) is 2.78. The molecule has 1 aromatic heterocycles. The lowest BCUT2D eigenvalue weighted by Gasteiger charge is -2.34. The molecule has 1 aliphatic heterocycles. The highest BCUT2D eigenvalue weighted by Crippen LogP contribution is 2.32. The Hall–Kier alpha value is -3.21. The third-order valence-electron chi connectivity index (χ3n) is 6.16. The minimum Gasteiger partial charge on any atom is -0.366 e. The quantitative estimate of drug-likeness (QED) is 0.713. The minimum absolute atomic E-state index is 0.121. The van der Waals surface area contributed by atoms with Crippen molar-refractivity contribution in [3.8, 4) is 0 Å². The normalized spacial score (nSPS) is 15.9. The molecule has 1 atom stereocenters. The summed E-state index contributed by atoms with van der Waals surface area (Å²) in [5, 5.41) is 0.912. The Labute approximate surface area is 176 Å². The predicted molar refractivity (Wildman–Crippen MR) is 118 cm³/mol. The summed E-state index contributed by atoms with van der Waals surface area (Å²) in [6, 6.07) is 17.7. The van der Waals surface area contributed by atoms with Gasteiger partial charge in [0.15, 0.2) is 0 Å². The first-order valence-corrected chi connectivity index (χ1v) is 10.5. The van der Waals surface area contributed by atoms with Gasteiger partial charge in [0.1, 0.15) is 0 Å². The maximum Gasteiger partial charge on any atom is 0.250 e. The number of hydrogen-bond donors (Lipinski definition) is 1. The van der Waals surface area contributed by atoms with Crippen LogP contribution in [0.1, 0.15) is 58.8 Å². The third kappa shape index (κ3) is 3.92. The molecule has 0 saturated carbocycles. The highest BCUT2D eigenvalue weighted by Gasteiger charge is 2.30. The van der Waals surface area contributed by atoms with Crippen molar-refractivity contribution in [2.24, 2.45) is 5.73 Å². The van der Waals surface area contributed by atoms with Gasteiger partial charge in [-0.1, -0.05) is 48.0 Å². The molecular weight excluding hydrogens is 374 g/mol. The number of carbonyl (C=O) groups excluding carboxylic acids is 2. The van der Waals surface area contributed by atoms with Gasteiger partial charge in [0.05, 0.1) is 22.7 Å². The van der Waals surface area contributed by atoms with Gasteiger partial charge in [0.25, 0.3) is 5.91 Å². The van der Waals surface area contributed by atoms with Crippen molar-refractivity contribution in [1.29, 1.82) is 0 Å². The lowest BCUT2D eigenvalue weighted by molar-refractivity contribution is -0.133. The number of pyridine rings is 1. The van der Waals surface area contributed by atoms with Crippen LogP contribution in [0.15, 0.2) is 54.6 Å². The molecule has 4 rings (SSSR count). The molecule has 2 amide bonds. The number of nitrogens with two attached hydrogens (primary N) is 1. The molecule has 0 radical (unpaired) electrons. The third-order valence-corrected chi connectivity index (χ3v) is 6.16. The molecule has 3 aromatic rings. The highest BCUT2D eigenvalue weighted by molar-refractivity contribution is 5.97. The Morgan fingerprint density at radius 2 is 1.73 bits per heavy atom. The first kappa shape index (κ1) is 20.1. The summed E-state index contributed by atoms with van der Waals surface area (Å²) in [7, 11) is 0. The second-order valence-corrected chi connectivity index (χ2v) is 8.21. The van der Waals surface area contributed by atoms with Gasteiger partial charge in [-0.2, -0.15) is 0 Å². The summed E-state index contributed by atoms with van der Waals surface area (Å²) in [5.74, 6) is -0.341. The SMILES string of the molecule is Cc1ccc([C@@H](C)C(=O)N2CCC(c3nc4ccccc4cc3C(N)=O)CC2)cc1. The van der Waals surface area contributed by atoms with Gasteiger partial charge in [-0.15, -0.1) is 0 Å². The van der Waals surface area contributed by atoms with E-state index in [0.717, 1.165) is 35.0 Å². The number of hydrogen-bond acceptors (Lipinski definition) is 3. The van der Waals surface area contributed by atoms with Gasteiger partial charge in [-0.05, 0) is 44.4 Å². The standard InChI is InChI=1S/C25H27N3O2/c1-16-7-9-18(10-8-16)17(2)25(30)28-13-11-19(12-14-28)23-21(24(26)29)15-20-5-3-4-6-22(20)27-23/h3-10,15,17,19H,11-14H2,1-2H3,(H2,26,29)/t17-/m1/s1. The monoisotopic (exact) mass is 401 g/mol. The molecule has 154 valence electrons. The number of fused-ring (bicyclic) bond motifs is 1. The van der Waals surface area contributed by atoms with Crippen molar-refractivity contribution < 1.29 is 9.59 Å². The van der Waals surface area contributed by atoms with Crippen LogP contribution >= 0.6 is 0 Å². The van der Waals surface area contributed by atoms with Crippen molar-refractivity contribution >= 4 is 22.7 Å². The van der Waals surface area contributed by atoms with Crippen LogP contribution < -0.4 is 5.73 Å². The molecule has 5 heteroatoms. The van der Waals surface area contributed by atoms with Crippen LogP contribution in [-0.4, -0.2) is 34.8 Å². The topological polar surface area (TPSA) is 76.3 Å². The Bertz CT molecular complexity index is 1080. The van der Waals surface area contributed by atoms with E-state index in [1.807, 2.05) is 73.3 Å². The van der Waals surface area contributed by atoms with Crippen LogP contribution in [0.5, 0.6) is 0 Å². The van der Waals surface area contributed by atoms with E-state index in [1.54, 1.807) is 0 Å². The smallest absolute Gasteiger partial charge is 0.250 e. The fraction of sp³-hybridized carbons (Fsp3) is 0.320. The van der Waals surface area contributed by atoms with Gasteiger partial charge in [0.2, 0.25) is 5.91 Å². The van der Waals surface area contributed by atoms with E-state index in [1.165, 1.54) is 5.56 Å². The predicted octanol–water partition coefficient (Wildman–Crippen LogP) is 4.15. The van der Waals surface area contributed by atoms with Gasteiger partial charge in [0, 0.05) is 24.4 Å². The Balaban J connectivity index is 1.50. The number of rotatable bonds is 4. The number of carbonyl (C=O) groups is 2. The van der Waals surface area contributed by atoms with Crippen LogP contribution in [0.25, 0.3) is 10.9 Å². The molecule has 1 fully saturated rings. The van der Waals surface area contributed by atoms with Crippen molar-refractivity contribution in [2.75, 3.05) is 13.1 Å². The van der Waals surface area contributed by atoms with Crippen molar-refractivity contribution in [1.82, 2.24) is 9.88 Å². The average molecular weight is 402 g/mol. The number of benzene rings is 2. The molecular formula is C25H27N3O2. The molecule has 1 saturated heterocycles. The molecule has 1 aliphatic rings. The summed E-state index contributed by atoms with van der Waals surface area (Å²) in [6.45, 7) is 5.33. The van der Waals surface area contributed by atoms with E-state index in [4.69, 9.17) is 10.7 Å². The lowest BCUT2D eigenvalue weighted by atomic mass is 9.88. The lowest BCUT2D eigenvalue weighted by Crippen LogP contribution is -2.40. The van der Waals surface area contributed by atoms with Gasteiger partial charge >= 0.3 is 0 Å². The van der Waals surface area contributed by atoms with E-state index in [2.05, 4.69) is 0 Å². The van der Waals surface area contributed by atoms with E-state index in [0.29, 0.717) is 18.7 Å². The first-order chi connectivity index (χ1) is 14.4. The van der Waals surface area contributed by atoms with Crippen LogP contribution in [0.3, 0.4) is 0 Å². The van der Waals surface area contributed by atoms with Gasteiger partial charge in [-0.3, -0.25) is 14.6 Å². The molecule has 0 unspecified atom stereocenters. The number of aryl methyl sites for hydroxylation is 1. The summed E-state index contributed by atoms with van der Waals surface area (Å²) in [4.78, 5) is 31.8. The Morgan fingerprint density at radius 1 is 1.07 bits per heavy atom. The number of para-hydroxylation sites is 1. The van der Waals surface area contributed by atoms with Crippen LogP contribution in [-0.2, 0) is 4.79 Å². The fourth-order valence-electron chi connectivity index (χ4n) is 4.28. The fourth-order valence-corrected chi connectivity index (χ4v) is 4.28. The second kappa shape index (κ2) is 8.27. The zero-order chi connectivity index (χ0) is 21.3. The van der Waals surface area contributed by atoms with Crippen molar-refractivity contribution in [3.05, 3.63) is 77.0 Å². The number of aromatic nitrogens is 1. The number of likely N-dealkylation sites (tertiary alicyclic amines) is 1. The molecule has 0 aliphatic carbocycles. The van der Waals surface area contributed by atoms with Crippen molar-refractivity contribution in [3.63, 3.8) is 0 Å². The molecule has 2 aromatic carbocycles. The summed E-state index contributed by atoms with van der Waals surface area (Å²) < 4.78 is 0. The van der Waals surface area contributed by atoms with Crippen LogP contribution in [0.2, 0.25) is 0 Å².